The Hall–Kier alpha value is -1.69. The Balaban J connectivity index is 1.61. The molecule has 2 aliphatic heterocycles. The lowest BCUT2D eigenvalue weighted by molar-refractivity contribution is 0.175. The fraction of sp³-hybridized carbons (Fsp3) is 0.688. The standard InChI is InChI=1S/C16H24N6/c1-4-15-17-18-16-8-12-5-6-13(9-22(15)16)21(12)10-14-7-11(2)19-20(14)3/h7,12-13H,4-6,8-10H2,1-3H3/t12-,13+/m0/s1. The third kappa shape index (κ3) is 2.17. The van der Waals surface area contributed by atoms with E-state index in [1.54, 1.807) is 0 Å². The van der Waals surface area contributed by atoms with Crippen LogP contribution in [0.3, 0.4) is 0 Å². The second-order valence-corrected chi connectivity index (χ2v) is 6.66. The van der Waals surface area contributed by atoms with Crippen molar-refractivity contribution in [3.05, 3.63) is 29.1 Å². The van der Waals surface area contributed by atoms with Gasteiger partial charge in [-0.25, -0.2) is 0 Å². The molecule has 0 aromatic carbocycles. The number of nitrogens with zero attached hydrogens (tertiary/aromatic N) is 6. The molecule has 0 saturated carbocycles. The van der Waals surface area contributed by atoms with Gasteiger partial charge in [-0.2, -0.15) is 5.10 Å². The van der Waals surface area contributed by atoms with Crippen LogP contribution in [0.2, 0.25) is 0 Å². The maximum atomic E-state index is 4.49. The third-order valence-corrected chi connectivity index (χ3v) is 5.25. The van der Waals surface area contributed by atoms with E-state index in [4.69, 9.17) is 0 Å². The third-order valence-electron chi connectivity index (χ3n) is 5.25. The summed E-state index contributed by atoms with van der Waals surface area (Å²) in [6, 6.07) is 3.40. The zero-order chi connectivity index (χ0) is 15.3. The predicted molar refractivity (Wildman–Crippen MR) is 83.4 cm³/mol. The van der Waals surface area contributed by atoms with Gasteiger partial charge < -0.3 is 4.57 Å². The van der Waals surface area contributed by atoms with Crippen molar-refractivity contribution in [2.75, 3.05) is 0 Å². The summed E-state index contributed by atoms with van der Waals surface area (Å²) in [6.07, 6.45) is 4.55. The van der Waals surface area contributed by atoms with E-state index >= 15 is 0 Å². The minimum atomic E-state index is 0.593. The Morgan fingerprint density at radius 3 is 2.77 bits per heavy atom. The monoisotopic (exact) mass is 300 g/mol. The van der Waals surface area contributed by atoms with Crippen molar-refractivity contribution in [2.45, 2.75) is 64.7 Å². The SMILES string of the molecule is CCc1nnc2n1C[C@H]1CC[C@@H](C2)N1Cc1cc(C)nn1C. The van der Waals surface area contributed by atoms with E-state index in [1.807, 2.05) is 11.7 Å². The normalized spacial score (nSPS) is 24.5. The van der Waals surface area contributed by atoms with Crippen molar-refractivity contribution >= 4 is 0 Å². The number of hydrogen-bond donors (Lipinski definition) is 0. The summed E-state index contributed by atoms with van der Waals surface area (Å²) in [5, 5.41) is 13.3. The average Bonchev–Trinajstić information content (AvgIpc) is 3.09. The van der Waals surface area contributed by atoms with Crippen LogP contribution in [-0.4, -0.2) is 41.5 Å². The molecule has 0 spiro atoms. The van der Waals surface area contributed by atoms with Crippen molar-refractivity contribution in [3.63, 3.8) is 0 Å². The van der Waals surface area contributed by atoms with E-state index in [1.165, 1.54) is 24.4 Å². The zero-order valence-corrected chi connectivity index (χ0v) is 13.7. The first-order valence-electron chi connectivity index (χ1n) is 8.32. The highest BCUT2D eigenvalue weighted by atomic mass is 15.3. The van der Waals surface area contributed by atoms with Gasteiger partial charge in [0, 0.05) is 45.1 Å². The summed E-state index contributed by atoms with van der Waals surface area (Å²) in [5.74, 6) is 2.31. The molecular formula is C16H24N6. The highest BCUT2D eigenvalue weighted by Gasteiger charge is 2.38. The van der Waals surface area contributed by atoms with Crippen LogP contribution in [0.15, 0.2) is 6.07 Å². The fourth-order valence-corrected chi connectivity index (χ4v) is 4.10. The van der Waals surface area contributed by atoms with Gasteiger partial charge in [-0.05, 0) is 25.8 Å². The highest BCUT2D eigenvalue weighted by Crippen LogP contribution is 2.32. The van der Waals surface area contributed by atoms with E-state index in [2.05, 4.69) is 44.7 Å². The molecule has 1 saturated heterocycles. The number of hydrogen-bond acceptors (Lipinski definition) is 4. The largest absolute Gasteiger partial charge is 0.313 e. The molecule has 6 heteroatoms. The lowest BCUT2D eigenvalue weighted by Crippen LogP contribution is -2.37. The molecule has 0 radical (unpaired) electrons. The van der Waals surface area contributed by atoms with Crippen LogP contribution >= 0.6 is 0 Å². The lowest BCUT2D eigenvalue weighted by Gasteiger charge is -2.27. The molecule has 6 nitrogen and oxygen atoms in total. The number of fused-ring (bicyclic) bond motifs is 3. The minimum absolute atomic E-state index is 0.593. The molecule has 0 N–H and O–H groups in total. The Bertz CT molecular complexity index is 685. The predicted octanol–water partition coefficient (Wildman–Crippen LogP) is 1.47. The van der Waals surface area contributed by atoms with Crippen LogP contribution in [0.4, 0.5) is 0 Å². The second kappa shape index (κ2) is 5.19. The second-order valence-electron chi connectivity index (χ2n) is 6.66. The summed E-state index contributed by atoms with van der Waals surface area (Å²) >= 11 is 0. The summed E-state index contributed by atoms with van der Waals surface area (Å²) in [6.45, 7) is 6.26. The van der Waals surface area contributed by atoms with E-state index in [0.717, 1.165) is 37.4 Å². The Morgan fingerprint density at radius 2 is 2.05 bits per heavy atom. The molecule has 0 unspecified atom stereocenters. The first-order valence-corrected chi connectivity index (χ1v) is 8.32. The van der Waals surface area contributed by atoms with Crippen molar-refractivity contribution in [1.82, 2.24) is 29.4 Å². The van der Waals surface area contributed by atoms with Gasteiger partial charge in [-0.1, -0.05) is 6.92 Å². The van der Waals surface area contributed by atoms with Crippen molar-refractivity contribution in [3.8, 4) is 0 Å². The molecule has 1 fully saturated rings. The van der Waals surface area contributed by atoms with Crippen LogP contribution in [0.1, 0.15) is 42.8 Å². The number of rotatable bonds is 3. The molecule has 2 aliphatic rings. The summed E-state index contributed by atoms with van der Waals surface area (Å²) in [7, 11) is 2.05. The highest BCUT2D eigenvalue weighted by molar-refractivity contribution is 5.11. The smallest absolute Gasteiger partial charge is 0.134 e. The van der Waals surface area contributed by atoms with Gasteiger partial charge in [0.05, 0.1) is 11.4 Å². The van der Waals surface area contributed by atoms with Crippen molar-refractivity contribution in [2.24, 2.45) is 7.05 Å². The average molecular weight is 300 g/mol. The van der Waals surface area contributed by atoms with Gasteiger partial charge in [-0.15, -0.1) is 10.2 Å². The topological polar surface area (TPSA) is 51.8 Å². The number of aromatic nitrogens is 5. The first kappa shape index (κ1) is 13.9. The van der Waals surface area contributed by atoms with E-state index in [-0.39, 0.29) is 0 Å². The van der Waals surface area contributed by atoms with Gasteiger partial charge in [0.1, 0.15) is 11.6 Å². The van der Waals surface area contributed by atoms with Gasteiger partial charge in [0.15, 0.2) is 0 Å². The van der Waals surface area contributed by atoms with Gasteiger partial charge in [-0.3, -0.25) is 9.58 Å². The summed E-state index contributed by atoms with van der Waals surface area (Å²) < 4.78 is 4.39. The Labute approximate surface area is 131 Å². The van der Waals surface area contributed by atoms with Gasteiger partial charge in [0.25, 0.3) is 0 Å². The maximum Gasteiger partial charge on any atom is 0.134 e. The molecule has 4 rings (SSSR count). The fourth-order valence-electron chi connectivity index (χ4n) is 4.10. The molecule has 22 heavy (non-hydrogen) atoms. The molecule has 2 atom stereocenters. The first-order chi connectivity index (χ1) is 10.7. The van der Waals surface area contributed by atoms with E-state index in [0.29, 0.717) is 12.1 Å². The van der Waals surface area contributed by atoms with Crippen LogP contribution in [0.5, 0.6) is 0 Å². The Kier molecular flexibility index (Phi) is 3.29. The van der Waals surface area contributed by atoms with Crippen LogP contribution in [-0.2, 0) is 33.0 Å². The van der Waals surface area contributed by atoms with E-state index in [9.17, 15) is 0 Å². The summed E-state index contributed by atoms with van der Waals surface area (Å²) in [5.41, 5.74) is 2.41. The molecule has 2 bridgehead atoms. The zero-order valence-electron chi connectivity index (χ0n) is 13.7. The van der Waals surface area contributed by atoms with Crippen molar-refractivity contribution in [1.29, 1.82) is 0 Å². The van der Waals surface area contributed by atoms with Crippen molar-refractivity contribution < 1.29 is 0 Å². The molecule has 2 aromatic heterocycles. The van der Waals surface area contributed by atoms with E-state index < -0.39 is 0 Å². The quantitative estimate of drug-likeness (QED) is 0.861. The van der Waals surface area contributed by atoms with Crippen LogP contribution in [0.25, 0.3) is 0 Å². The van der Waals surface area contributed by atoms with Gasteiger partial charge >= 0.3 is 0 Å². The summed E-state index contributed by atoms with van der Waals surface area (Å²) in [4.78, 5) is 2.67. The van der Waals surface area contributed by atoms with Crippen LogP contribution < -0.4 is 0 Å². The molecule has 0 amide bonds. The lowest BCUT2D eigenvalue weighted by atomic mass is 10.1. The molecule has 118 valence electrons. The molecule has 2 aromatic rings. The number of aryl methyl sites for hydroxylation is 3. The molecular weight excluding hydrogens is 276 g/mol. The molecule has 4 heterocycles. The maximum absolute atomic E-state index is 4.49. The Morgan fingerprint density at radius 1 is 1.23 bits per heavy atom. The minimum Gasteiger partial charge on any atom is -0.313 e. The van der Waals surface area contributed by atoms with Gasteiger partial charge in [0.2, 0.25) is 0 Å². The van der Waals surface area contributed by atoms with Crippen LogP contribution in [0, 0.1) is 6.92 Å². The molecule has 0 aliphatic carbocycles.